The molecule has 1 aliphatic rings. The quantitative estimate of drug-likeness (QED) is 0.481. The summed E-state index contributed by atoms with van der Waals surface area (Å²) in [5.41, 5.74) is 0.630. The fraction of sp³-hybridized carbons (Fsp3) is 0.583. The molecule has 0 bridgehead atoms. The van der Waals surface area contributed by atoms with E-state index in [1.807, 2.05) is 38.1 Å². The van der Waals surface area contributed by atoms with Gasteiger partial charge in [-0.2, -0.15) is 21.3 Å². The molecule has 1 saturated heterocycles. The van der Waals surface area contributed by atoms with Gasteiger partial charge in [-0.15, -0.1) is 11.3 Å². The zero-order valence-corrected chi connectivity index (χ0v) is 24.3. The van der Waals surface area contributed by atoms with Gasteiger partial charge in [-0.1, -0.05) is 32.0 Å². The highest BCUT2D eigenvalue weighted by molar-refractivity contribution is 7.91. The highest BCUT2D eigenvalue weighted by Crippen LogP contribution is 2.29. The molecule has 0 aliphatic carbocycles. The maximum Gasteiger partial charge on any atom is 0.281 e. The van der Waals surface area contributed by atoms with Crippen LogP contribution < -0.4 is 4.90 Å². The highest BCUT2D eigenvalue weighted by atomic mass is 32.2. The summed E-state index contributed by atoms with van der Waals surface area (Å²) in [6.45, 7) is 8.67. The topological polar surface area (TPSA) is 101 Å². The van der Waals surface area contributed by atoms with Crippen molar-refractivity contribution in [1.82, 2.24) is 12.9 Å². The van der Waals surface area contributed by atoms with Crippen molar-refractivity contribution in [3.63, 3.8) is 0 Å². The molecular weight excluding hydrogens is 520 g/mol. The lowest BCUT2D eigenvalue weighted by Crippen LogP contribution is -2.59. The van der Waals surface area contributed by atoms with Crippen molar-refractivity contribution in [2.24, 2.45) is 5.92 Å². The molecule has 2 aromatic rings. The van der Waals surface area contributed by atoms with E-state index in [0.29, 0.717) is 13.1 Å². The Morgan fingerprint density at radius 3 is 2.22 bits per heavy atom. The Kier molecular flexibility index (Phi) is 8.92. The lowest BCUT2D eigenvalue weighted by Gasteiger charge is -2.44. The maximum absolute atomic E-state index is 13.3. The van der Waals surface area contributed by atoms with Crippen molar-refractivity contribution >= 4 is 37.3 Å². The molecule has 12 heteroatoms. The maximum atomic E-state index is 13.3. The third-order valence-corrected chi connectivity index (χ3v) is 11.3. The fourth-order valence-electron chi connectivity index (χ4n) is 4.28. The first kappa shape index (κ1) is 29.0. The largest absolute Gasteiger partial charge is 0.386 e. The molecule has 0 amide bonds. The Labute approximate surface area is 220 Å². The number of nitrogens with zero attached hydrogens (tertiary/aromatic N) is 4. The molecule has 0 radical (unpaired) electrons. The molecule has 0 unspecified atom stereocenters. The van der Waals surface area contributed by atoms with E-state index < -0.39 is 31.9 Å². The molecule has 1 aliphatic heterocycles. The van der Waals surface area contributed by atoms with Crippen LogP contribution in [0.25, 0.3) is 0 Å². The van der Waals surface area contributed by atoms with E-state index in [-0.39, 0.29) is 29.8 Å². The van der Waals surface area contributed by atoms with E-state index in [1.54, 1.807) is 31.4 Å². The lowest BCUT2D eigenvalue weighted by molar-refractivity contribution is 0.0786. The van der Waals surface area contributed by atoms with Crippen LogP contribution in [0.4, 0.5) is 5.69 Å². The zero-order valence-electron chi connectivity index (χ0n) is 21.8. The number of aliphatic hydroxyl groups is 1. The molecule has 0 spiro atoms. The second-order valence-corrected chi connectivity index (χ2v) is 15.5. The van der Waals surface area contributed by atoms with E-state index in [0.717, 1.165) is 11.3 Å². The van der Waals surface area contributed by atoms with Crippen molar-refractivity contribution < 1.29 is 21.9 Å². The molecule has 1 fully saturated rings. The second kappa shape index (κ2) is 11.1. The van der Waals surface area contributed by atoms with Crippen LogP contribution in [0.3, 0.4) is 0 Å². The molecule has 1 aromatic heterocycles. The standard InChI is InChI=1S/C24H38N4O5S3/c1-19(2)16-27(36(32,33)25(5)6)18-22-17-26(35(30,31)23-8-7-15-34-23)13-14-28(22)21-11-9-20(10-12-21)24(3,4)29/h7-12,15,19,22,29H,13-14,16-18H2,1-6H3/t22-/m1/s1. The molecule has 0 saturated carbocycles. The van der Waals surface area contributed by atoms with Gasteiger partial charge in [0.25, 0.3) is 20.2 Å². The summed E-state index contributed by atoms with van der Waals surface area (Å²) in [5, 5.41) is 12.1. The normalized spacial score (nSPS) is 18.5. The van der Waals surface area contributed by atoms with E-state index in [2.05, 4.69) is 4.90 Å². The molecular formula is C24H38N4O5S3. The molecule has 2 heterocycles. The van der Waals surface area contributed by atoms with Gasteiger partial charge in [0.05, 0.1) is 11.6 Å². The van der Waals surface area contributed by atoms with Crippen LogP contribution in [0.1, 0.15) is 33.3 Å². The van der Waals surface area contributed by atoms with Crippen LogP contribution in [0.15, 0.2) is 46.0 Å². The Morgan fingerprint density at radius 1 is 1.08 bits per heavy atom. The van der Waals surface area contributed by atoms with Crippen LogP contribution in [0.2, 0.25) is 0 Å². The number of hydrogen-bond acceptors (Lipinski definition) is 7. The average Bonchev–Trinajstić information content (AvgIpc) is 3.33. The summed E-state index contributed by atoms with van der Waals surface area (Å²) >= 11 is 1.18. The Hall–Kier alpha value is -1.54. The van der Waals surface area contributed by atoms with Gasteiger partial charge in [0, 0.05) is 52.5 Å². The minimum absolute atomic E-state index is 0.0915. The summed E-state index contributed by atoms with van der Waals surface area (Å²) in [6, 6.07) is 10.4. The number of hydrogen-bond donors (Lipinski definition) is 1. The molecule has 1 atom stereocenters. The van der Waals surface area contributed by atoms with Crippen LogP contribution in [-0.2, 0) is 25.8 Å². The van der Waals surface area contributed by atoms with Crippen molar-refractivity contribution in [3.05, 3.63) is 47.3 Å². The first-order chi connectivity index (χ1) is 16.6. The summed E-state index contributed by atoms with van der Waals surface area (Å²) in [5.74, 6) is 0.0915. The SMILES string of the molecule is CC(C)CN(C[C@H]1CN(S(=O)(=O)c2cccs2)CCN1c1ccc(C(C)(C)O)cc1)S(=O)(=O)N(C)C. The van der Waals surface area contributed by atoms with Crippen LogP contribution in [0.5, 0.6) is 0 Å². The molecule has 202 valence electrons. The fourth-order valence-corrected chi connectivity index (χ4v) is 8.20. The number of benzene rings is 1. The minimum Gasteiger partial charge on any atom is -0.386 e. The Bertz CT molecular complexity index is 1210. The third-order valence-electron chi connectivity index (χ3n) is 6.21. The Morgan fingerprint density at radius 2 is 1.72 bits per heavy atom. The minimum atomic E-state index is -3.72. The van der Waals surface area contributed by atoms with E-state index in [4.69, 9.17) is 0 Å². The first-order valence-corrected chi connectivity index (χ1v) is 15.7. The van der Waals surface area contributed by atoms with E-state index in [1.165, 1.54) is 38.3 Å². The van der Waals surface area contributed by atoms with Gasteiger partial charge in [-0.3, -0.25) is 0 Å². The van der Waals surface area contributed by atoms with Gasteiger partial charge >= 0.3 is 0 Å². The zero-order chi connectivity index (χ0) is 26.9. The number of sulfonamides is 1. The monoisotopic (exact) mass is 558 g/mol. The number of rotatable bonds is 10. The molecule has 1 N–H and O–H groups in total. The van der Waals surface area contributed by atoms with Crippen molar-refractivity contribution in [2.45, 2.75) is 43.5 Å². The van der Waals surface area contributed by atoms with Gasteiger partial charge in [0.2, 0.25) is 0 Å². The van der Waals surface area contributed by atoms with E-state index >= 15 is 0 Å². The van der Waals surface area contributed by atoms with Crippen LogP contribution >= 0.6 is 11.3 Å². The Balaban J connectivity index is 1.98. The number of thiophene rings is 1. The van der Waals surface area contributed by atoms with Crippen LogP contribution in [-0.4, -0.2) is 87.7 Å². The van der Waals surface area contributed by atoms with Crippen molar-refractivity contribution in [1.29, 1.82) is 0 Å². The summed E-state index contributed by atoms with van der Waals surface area (Å²) in [7, 11) is -4.39. The van der Waals surface area contributed by atoms with Crippen molar-refractivity contribution in [3.8, 4) is 0 Å². The average molecular weight is 559 g/mol. The summed E-state index contributed by atoms with van der Waals surface area (Å²) < 4.78 is 57.4. The molecule has 36 heavy (non-hydrogen) atoms. The van der Waals surface area contributed by atoms with Gasteiger partial charge in [-0.25, -0.2) is 8.42 Å². The summed E-state index contributed by atoms with van der Waals surface area (Å²) in [4.78, 5) is 2.08. The first-order valence-electron chi connectivity index (χ1n) is 11.9. The smallest absolute Gasteiger partial charge is 0.281 e. The van der Waals surface area contributed by atoms with E-state index in [9.17, 15) is 21.9 Å². The highest BCUT2D eigenvalue weighted by Gasteiger charge is 2.38. The molecule has 3 rings (SSSR count). The van der Waals surface area contributed by atoms with Gasteiger partial charge in [0.15, 0.2) is 0 Å². The molecule has 1 aromatic carbocycles. The van der Waals surface area contributed by atoms with Gasteiger partial charge in [-0.05, 0) is 48.9 Å². The predicted octanol–water partition coefficient (Wildman–Crippen LogP) is 2.62. The molecule has 9 nitrogen and oxygen atoms in total. The number of piperazine rings is 1. The lowest BCUT2D eigenvalue weighted by atomic mass is 9.98. The summed E-state index contributed by atoms with van der Waals surface area (Å²) in [6.07, 6.45) is 0. The third kappa shape index (κ3) is 6.47. The van der Waals surface area contributed by atoms with Crippen LogP contribution in [0, 0.1) is 5.92 Å². The number of anilines is 1. The van der Waals surface area contributed by atoms with Gasteiger partial charge < -0.3 is 10.0 Å². The van der Waals surface area contributed by atoms with Crippen molar-refractivity contribution in [2.75, 3.05) is 51.7 Å². The predicted molar refractivity (Wildman–Crippen MR) is 145 cm³/mol. The second-order valence-electron chi connectivity index (χ2n) is 10.2. The van der Waals surface area contributed by atoms with Gasteiger partial charge in [0.1, 0.15) is 4.21 Å².